The molecule has 4 heteroatoms. The fraction of sp³-hybridized carbons (Fsp3) is 0.0263. The molecule has 196 valence electrons. The van der Waals surface area contributed by atoms with Crippen molar-refractivity contribution in [2.45, 2.75) is 5.41 Å². The van der Waals surface area contributed by atoms with Crippen LogP contribution in [-0.2, 0) is 5.41 Å². The first-order valence-corrected chi connectivity index (χ1v) is 14.9. The Kier molecular flexibility index (Phi) is 4.98. The van der Waals surface area contributed by atoms with Gasteiger partial charge in [0.1, 0.15) is 0 Å². The number of nitrogens with zero attached hydrogens (tertiary/aromatic N) is 3. The van der Waals surface area contributed by atoms with Gasteiger partial charge in [-0.05, 0) is 45.0 Å². The first-order valence-electron chi connectivity index (χ1n) is 14.1. The van der Waals surface area contributed by atoms with Gasteiger partial charge >= 0.3 is 0 Å². The Hall–Kier alpha value is -5.19. The van der Waals surface area contributed by atoms with Crippen LogP contribution in [0.3, 0.4) is 0 Å². The van der Waals surface area contributed by atoms with Crippen LogP contribution in [0.4, 0.5) is 0 Å². The smallest absolute Gasteiger partial charge is 0.174 e. The van der Waals surface area contributed by atoms with E-state index in [9.17, 15) is 0 Å². The van der Waals surface area contributed by atoms with Crippen molar-refractivity contribution >= 4 is 11.3 Å². The number of fused-ring (bicyclic) bond motifs is 10. The fourth-order valence-corrected chi connectivity index (χ4v) is 8.06. The summed E-state index contributed by atoms with van der Waals surface area (Å²) in [5.74, 6) is 2.06. The molecule has 0 fully saturated rings. The summed E-state index contributed by atoms with van der Waals surface area (Å²) >= 11 is 1.78. The van der Waals surface area contributed by atoms with Crippen molar-refractivity contribution in [3.8, 4) is 55.0 Å². The van der Waals surface area contributed by atoms with E-state index in [0.29, 0.717) is 17.5 Å². The molecule has 7 aromatic rings. The Morgan fingerprint density at radius 3 is 1.38 bits per heavy atom. The Morgan fingerprint density at radius 2 is 0.833 bits per heavy atom. The first-order chi connectivity index (χ1) is 20.8. The van der Waals surface area contributed by atoms with Gasteiger partial charge in [-0.15, -0.1) is 11.3 Å². The Bertz CT molecular complexity index is 2040. The highest BCUT2D eigenvalue weighted by molar-refractivity contribution is 7.19. The van der Waals surface area contributed by atoms with Crippen LogP contribution < -0.4 is 0 Å². The lowest BCUT2D eigenvalue weighted by atomic mass is 9.71. The third-order valence-electron chi connectivity index (χ3n) is 8.58. The molecule has 2 aliphatic rings. The van der Waals surface area contributed by atoms with E-state index >= 15 is 0 Å². The summed E-state index contributed by atoms with van der Waals surface area (Å²) in [6.07, 6.45) is 0. The molecule has 42 heavy (non-hydrogen) atoms. The lowest BCUT2D eigenvalue weighted by Crippen LogP contribution is -2.25. The SMILES string of the molecule is c1ccc(-c2nc(-c3ccccc3)nc(-c3cc4c(s3)-c3ccccc3C43c4ccccc4-c4ccccc43)n2)cc1. The van der Waals surface area contributed by atoms with E-state index in [2.05, 4.69) is 103 Å². The summed E-state index contributed by atoms with van der Waals surface area (Å²) in [6, 6.07) is 49.4. The average Bonchev–Trinajstić information content (AvgIpc) is 3.72. The van der Waals surface area contributed by atoms with Crippen LogP contribution in [0.25, 0.3) is 55.0 Å². The minimum Gasteiger partial charge on any atom is -0.208 e. The predicted molar refractivity (Wildman–Crippen MR) is 170 cm³/mol. The monoisotopic (exact) mass is 553 g/mol. The maximum absolute atomic E-state index is 5.06. The van der Waals surface area contributed by atoms with Crippen LogP contribution in [0.1, 0.15) is 22.3 Å². The molecular formula is C38H23N3S. The molecule has 1 spiro atoms. The van der Waals surface area contributed by atoms with Crippen LogP contribution >= 0.6 is 11.3 Å². The highest BCUT2D eigenvalue weighted by Gasteiger charge is 2.52. The van der Waals surface area contributed by atoms with E-state index in [1.807, 2.05) is 36.4 Å². The van der Waals surface area contributed by atoms with E-state index in [1.54, 1.807) is 11.3 Å². The van der Waals surface area contributed by atoms with Gasteiger partial charge in [-0.2, -0.15) is 0 Å². The molecule has 2 aliphatic carbocycles. The van der Waals surface area contributed by atoms with Crippen molar-refractivity contribution in [1.29, 1.82) is 0 Å². The molecule has 0 N–H and O–H groups in total. The average molecular weight is 554 g/mol. The maximum Gasteiger partial charge on any atom is 0.174 e. The van der Waals surface area contributed by atoms with E-state index in [-0.39, 0.29) is 5.41 Å². The Labute approximate surface area is 247 Å². The second-order valence-electron chi connectivity index (χ2n) is 10.8. The number of hydrogen-bond acceptors (Lipinski definition) is 4. The van der Waals surface area contributed by atoms with Crippen molar-refractivity contribution < 1.29 is 0 Å². The minimum absolute atomic E-state index is 0.370. The van der Waals surface area contributed by atoms with Crippen molar-refractivity contribution in [3.63, 3.8) is 0 Å². The van der Waals surface area contributed by atoms with Crippen LogP contribution in [0.5, 0.6) is 0 Å². The first kappa shape index (κ1) is 23.5. The van der Waals surface area contributed by atoms with E-state index in [0.717, 1.165) is 16.0 Å². The maximum atomic E-state index is 5.06. The van der Waals surface area contributed by atoms with E-state index < -0.39 is 0 Å². The third-order valence-corrected chi connectivity index (χ3v) is 9.75. The lowest BCUT2D eigenvalue weighted by molar-refractivity contribution is 0.796. The highest BCUT2D eigenvalue weighted by atomic mass is 32.1. The standard InChI is InChI=1S/C38H23N3S/c1-3-13-24(14-4-1)35-39-36(25-15-5-2-6-16-25)41-37(40-35)33-23-32-34(42-33)28-19-9-12-22-31(28)38(32)29-20-10-7-17-26(29)27-18-8-11-21-30(27)38/h1-23H. The molecular weight excluding hydrogens is 531 g/mol. The van der Waals surface area contributed by atoms with Gasteiger partial charge in [-0.3, -0.25) is 0 Å². The van der Waals surface area contributed by atoms with Gasteiger partial charge in [0, 0.05) is 16.0 Å². The van der Waals surface area contributed by atoms with Gasteiger partial charge < -0.3 is 0 Å². The molecule has 5 aromatic carbocycles. The molecule has 0 saturated heterocycles. The summed E-state index contributed by atoms with van der Waals surface area (Å²) in [7, 11) is 0. The molecule has 0 saturated carbocycles. The molecule has 3 nitrogen and oxygen atoms in total. The second-order valence-corrected chi connectivity index (χ2v) is 11.8. The summed E-state index contributed by atoms with van der Waals surface area (Å²) in [5.41, 5.74) is 10.8. The van der Waals surface area contributed by atoms with Gasteiger partial charge in [0.25, 0.3) is 0 Å². The fourth-order valence-electron chi connectivity index (χ4n) is 6.87. The molecule has 0 atom stereocenters. The van der Waals surface area contributed by atoms with Gasteiger partial charge in [-0.1, -0.05) is 133 Å². The molecule has 0 radical (unpaired) electrons. The zero-order valence-electron chi connectivity index (χ0n) is 22.5. The van der Waals surface area contributed by atoms with Crippen LogP contribution in [0.15, 0.2) is 140 Å². The van der Waals surface area contributed by atoms with Crippen LogP contribution in [0.2, 0.25) is 0 Å². The largest absolute Gasteiger partial charge is 0.208 e. The quantitative estimate of drug-likeness (QED) is 0.219. The summed E-state index contributed by atoms with van der Waals surface area (Å²) in [6.45, 7) is 0. The molecule has 9 rings (SSSR count). The van der Waals surface area contributed by atoms with Crippen molar-refractivity contribution in [1.82, 2.24) is 15.0 Å². The second kappa shape index (κ2) is 8.90. The number of hydrogen-bond donors (Lipinski definition) is 0. The van der Waals surface area contributed by atoms with Crippen LogP contribution in [0, 0.1) is 0 Å². The van der Waals surface area contributed by atoms with Crippen molar-refractivity contribution in [2.24, 2.45) is 0 Å². The molecule has 2 aromatic heterocycles. The third kappa shape index (κ3) is 3.18. The van der Waals surface area contributed by atoms with Gasteiger partial charge in [0.05, 0.1) is 10.3 Å². The zero-order valence-corrected chi connectivity index (χ0v) is 23.3. The minimum atomic E-state index is -0.370. The van der Waals surface area contributed by atoms with Crippen LogP contribution in [-0.4, -0.2) is 15.0 Å². The summed E-state index contributed by atoms with van der Waals surface area (Å²) in [5, 5.41) is 0. The number of thiophene rings is 1. The highest BCUT2D eigenvalue weighted by Crippen LogP contribution is 2.64. The molecule has 0 bridgehead atoms. The lowest BCUT2D eigenvalue weighted by Gasteiger charge is -2.29. The Balaban J connectivity index is 1.32. The van der Waals surface area contributed by atoms with Gasteiger partial charge in [-0.25, -0.2) is 15.0 Å². The Morgan fingerprint density at radius 1 is 0.405 bits per heavy atom. The van der Waals surface area contributed by atoms with Gasteiger partial charge in [0.2, 0.25) is 0 Å². The topological polar surface area (TPSA) is 38.7 Å². The number of rotatable bonds is 3. The number of aromatic nitrogens is 3. The predicted octanol–water partition coefficient (Wildman–Crippen LogP) is 9.28. The molecule has 0 amide bonds. The van der Waals surface area contributed by atoms with E-state index in [4.69, 9.17) is 15.0 Å². The summed E-state index contributed by atoms with van der Waals surface area (Å²) in [4.78, 5) is 17.4. The van der Waals surface area contributed by atoms with Gasteiger partial charge in [0.15, 0.2) is 17.5 Å². The summed E-state index contributed by atoms with van der Waals surface area (Å²) < 4.78 is 0. The number of benzene rings is 5. The molecule has 2 heterocycles. The van der Waals surface area contributed by atoms with Crippen molar-refractivity contribution in [2.75, 3.05) is 0 Å². The van der Waals surface area contributed by atoms with Crippen molar-refractivity contribution in [3.05, 3.63) is 162 Å². The molecule has 0 unspecified atom stereocenters. The normalized spacial score (nSPS) is 13.4. The molecule has 0 aliphatic heterocycles. The van der Waals surface area contributed by atoms with E-state index in [1.165, 1.54) is 43.8 Å². The zero-order chi connectivity index (χ0) is 27.7.